The number of benzene rings is 2. The molecule has 10 heteroatoms. The molecule has 1 saturated heterocycles. The maximum absolute atomic E-state index is 12.8. The zero-order valence-electron chi connectivity index (χ0n) is 19.5. The number of hydrazone groups is 1. The van der Waals surface area contributed by atoms with Crippen molar-refractivity contribution in [3.8, 4) is 11.1 Å². The summed E-state index contributed by atoms with van der Waals surface area (Å²) < 4.78 is 4.55. The summed E-state index contributed by atoms with van der Waals surface area (Å²) >= 11 is 0. The summed E-state index contributed by atoms with van der Waals surface area (Å²) in [6.45, 7) is 0.209. The third-order valence-electron chi connectivity index (χ3n) is 5.67. The molecule has 0 aliphatic carbocycles. The van der Waals surface area contributed by atoms with Crippen molar-refractivity contribution in [3.05, 3.63) is 60.2 Å². The number of aliphatic hydroxyl groups is 1. The van der Waals surface area contributed by atoms with Gasteiger partial charge in [0.15, 0.2) is 6.21 Å². The van der Waals surface area contributed by atoms with Crippen LogP contribution in [-0.4, -0.2) is 72.1 Å². The molecule has 0 saturated carbocycles. The summed E-state index contributed by atoms with van der Waals surface area (Å²) in [4.78, 5) is 40.9. The van der Waals surface area contributed by atoms with Crippen molar-refractivity contribution in [3.63, 3.8) is 0 Å². The fourth-order valence-corrected chi connectivity index (χ4v) is 3.80. The Morgan fingerprint density at radius 1 is 1.17 bits per heavy atom. The number of rotatable bonds is 9. The molecular weight excluding hydrogens is 450 g/mol. The van der Waals surface area contributed by atoms with Crippen LogP contribution in [0.15, 0.2) is 59.7 Å². The molecule has 1 fully saturated rings. The minimum Gasteiger partial charge on any atom is -0.469 e. The fraction of sp³-hybridized carbons (Fsp3) is 0.320. The summed E-state index contributed by atoms with van der Waals surface area (Å²) in [6.07, 6.45) is 0.569. The smallest absolute Gasteiger partial charge is 0.311 e. The maximum Gasteiger partial charge on any atom is 0.311 e. The zero-order chi connectivity index (χ0) is 25.2. The second kappa shape index (κ2) is 12.4. The van der Waals surface area contributed by atoms with Crippen molar-refractivity contribution in [1.82, 2.24) is 10.2 Å². The van der Waals surface area contributed by atoms with Crippen LogP contribution in [-0.2, 0) is 25.7 Å². The Labute approximate surface area is 203 Å². The van der Waals surface area contributed by atoms with E-state index >= 15 is 0 Å². The highest BCUT2D eigenvalue weighted by Gasteiger charge is 2.39. The first kappa shape index (κ1) is 25.6. The summed E-state index contributed by atoms with van der Waals surface area (Å²) in [7, 11) is 1.25. The number of carbonyl (C=O) groups is 3. The van der Waals surface area contributed by atoms with Gasteiger partial charge in [0.05, 0.1) is 19.6 Å². The Morgan fingerprint density at radius 2 is 1.86 bits per heavy atom. The lowest BCUT2D eigenvalue weighted by Crippen LogP contribution is -2.74. The van der Waals surface area contributed by atoms with Crippen LogP contribution >= 0.6 is 0 Å². The first-order valence-electron chi connectivity index (χ1n) is 11.2. The normalized spacial score (nSPS) is 18.0. The van der Waals surface area contributed by atoms with Crippen LogP contribution in [0.1, 0.15) is 18.4 Å². The highest BCUT2D eigenvalue weighted by atomic mass is 16.5. The maximum atomic E-state index is 12.8. The quantitative estimate of drug-likeness (QED) is 0.156. The first-order chi connectivity index (χ1) is 16.9. The van der Waals surface area contributed by atoms with Crippen molar-refractivity contribution < 1.29 is 29.2 Å². The van der Waals surface area contributed by atoms with Crippen LogP contribution in [0, 0.1) is 0 Å². The second-order valence-corrected chi connectivity index (χ2v) is 8.13. The van der Waals surface area contributed by atoms with Gasteiger partial charge in [-0.15, -0.1) is 0 Å². The molecule has 3 rings (SSSR count). The zero-order valence-corrected chi connectivity index (χ0v) is 19.5. The van der Waals surface area contributed by atoms with Crippen LogP contribution in [0.2, 0.25) is 0 Å². The van der Waals surface area contributed by atoms with E-state index in [1.165, 1.54) is 18.2 Å². The molecule has 2 aromatic rings. The van der Waals surface area contributed by atoms with Crippen LogP contribution in [0.5, 0.6) is 0 Å². The lowest BCUT2D eigenvalue weighted by atomic mass is 10.0. The molecule has 0 bridgehead atoms. The van der Waals surface area contributed by atoms with Crippen LogP contribution < -0.4 is 16.2 Å². The van der Waals surface area contributed by atoms with E-state index in [0.717, 1.165) is 16.7 Å². The van der Waals surface area contributed by atoms with Crippen molar-refractivity contribution >= 4 is 29.7 Å². The van der Waals surface area contributed by atoms with Gasteiger partial charge in [0.1, 0.15) is 11.8 Å². The number of amides is 2. The molecule has 35 heavy (non-hydrogen) atoms. The Hall–Kier alpha value is -4.05. The van der Waals surface area contributed by atoms with Gasteiger partial charge in [0, 0.05) is 19.5 Å². The predicted octanol–water partition coefficient (Wildman–Crippen LogP) is -1.04. The SMILES string of the molecule is COC(=O)C/C(C=[NH+]CC(=O)N1C[C@@H](O)C[C@H]1C(=O)NCc1ccc(-c2ccccc2)cc1)=N/N. The lowest BCUT2D eigenvalue weighted by Gasteiger charge is -2.22. The molecule has 0 spiro atoms. The summed E-state index contributed by atoms with van der Waals surface area (Å²) in [5.41, 5.74) is 3.32. The first-order valence-corrected chi connectivity index (χ1v) is 11.2. The third-order valence-corrected chi connectivity index (χ3v) is 5.67. The molecule has 0 aromatic heterocycles. The second-order valence-electron chi connectivity index (χ2n) is 8.13. The van der Waals surface area contributed by atoms with Gasteiger partial charge in [-0.2, -0.15) is 5.10 Å². The van der Waals surface area contributed by atoms with Crippen molar-refractivity contribution in [2.45, 2.75) is 31.5 Å². The molecule has 2 aromatic carbocycles. The van der Waals surface area contributed by atoms with Gasteiger partial charge in [0.2, 0.25) is 12.5 Å². The minimum absolute atomic E-state index is 0.0599. The number of β-amino-alcohol motifs (C(OH)–C–C–N with tert-alkyl or cyclic N) is 1. The van der Waals surface area contributed by atoms with Crippen molar-refractivity contribution in [2.24, 2.45) is 10.9 Å². The van der Waals surface area contributed by atoms with E-state index < -0.39 is 18.1 Å². The van der Waals surface area contributed by atoms with Crippen molar-refractivity contribution in [2.75, 3.05) is 20.2 Å². The van der Waals surface area contributed by atoms with Gasteiger partial charge in [-0.25, -0.2) is 4.99 Å². The molecule has 1 heterocycles. The van der Waals surface area contributed by atoms with Gasteiger partial charge in [0.25, 0.3) is 5.91 Å². The number of esters is 1. The fourth-order valence-electron chi connectivity index (χ4n) is 3.80. The number of nitrogens with two attached hydrogens (primary N) is 1. The van der Waals surface area contributed by atoms with Crippen LogP contribution in [0.3, 0.4) is 0 Å². The minimum atomic E-state index is -0.788. The number of methoxy groups -OCH3 is 1. The van der Waals surface area contributed by atoms with Crippen LogP contribution in [0.4, 0.5) is 0 Å². The number of nitrogens with zero attached hydrogens (tertiary/aromatic N) is 2. The number of ether oxygens (including phenoxy) is 1. The number of hydrogen-bond donors (Lipinski definition) is 4. The average molecular weight is 481 g/mol. The molecule has 1 aliphatic heterocycles. The predicted molar refractivity (Wildman–Crippen MR) is 130 cm³/mol. The highest BCUT2D eigenvalue weighted by molar-refractivity contribution is 6.32. The molecule has 0 unspecified atom stereocenters. The Morgan fingerprint density at radius 3 is 2.51 bits per heavy atom. The Bertz CT molecular complexity index is 1090. The van der Waals surface area contributed by atoms with Gasteiger partial charge >= 0.3 is 5.97 Å². The molecule has 2 atom stereocenters. The van der Waals surface area contributed by atoms with E-state index in [9.17, 15) is 19.5 Å². The van der Waals surface area contributed by atoms with Gasteiger partial charge < -0.3 is 25.9 Å². The number of aliphatic hydroxyl groups excluding tert-OH is 1. The van der Waals surface area contributed by atoms with Gasteiger partial charge in [-0.3, -0.25) is 14.4 Å². The number of likely N-dealkylation sites (tertiary alicyclic amines) is 1. The van der Waals surface area contributed by atoms with E-state index in [0.29, 0.717) is 6.54 Å². The number of nitrogens with one attached hydrogen (secondary N) is 2. The van der Waals surface area contributed by atoms with Gasteiger partial charge in [-0.1, -0.05) is 54.6 Å². The largest absolute Gasteiger partial charge is 0.469 e. The monoisotopic (exact) mass is 480 g/mol. The molecular formula is C25H30N5O5+. The third kappa shape index (κ3) is 7.21. The summed E-state index contributed by atoms with van der Waals surface area (Å²) in [6, 6.07) is 17.1. The molecule has 1 aliphatic rings. The summed E-state index contributed by atoms with van der Waals surface area (Å²) in [5, 5.41) is 16.4. The van der Waals surface area contributed by atoms with Crippen molar-refractivity contribution in [1.29, 1.82) is 0 Å². The molecule has 5 N–H and O–H groups in total. The molecule has 2 amide bonds. The summed E-state index contributed by atoms with van der Waals surface area (Å²) in [5.74, 6) is 4.01. The lowest BCUT2D eigenvalue weighted by molar-refractivity contribution is -0.438. The average Bonchev–Trinajstić information content (AvgIpc) is 3.29. The van der Waals surface area contributed by atoms with E-state index in [1.54, 1.807) is 0 Å². The molecule has 10 nitrogen and oxygen atoms in total. The topological polar surface area (TPSA) is 148 Å². The van der Waals surface area contributed by atoms with E-state index in [1.807, 2.05) is 54.6 Å². The van der Waals surface area contributed by atoms with E-state index in [4.69, 9.17) is 5.84 Å². The van der Waals surface area contributed by atoms with Crippen LogP contribution in [0.25, 0.3) is 11.1 Å². The molecule has 0 radical (unpaired) electrons. The van der Waals surface area contributed by atoms with E-state index in [2.05, 4.69) is 20.1 Å². The standard InChI is InChI=1S/C25H29N5O5/c1-35-24(33)11-20(29-26)14-27-15-23(32)30-16-21(31)12-22(30)25(34)28-13-17-7-9-19(10-8-17)18-5-3-2-4-6-18/h2-10,14,21-22,31H,11-13,15-16,26H2,1H3,(H,28,34)/p+1/b27-14?,29-20-/t21-,22-/m0/s1. The highest BCUT2D eigenvalue weighted by Crippen LogP contribution is 2.20. The Kier molecular flexibility index (Phi) is 9.08. The molecule has 184 valence electrons. The number of hydrogen-bond acceptors (Lipinski definition) is 7. The Balaban J connectivity index is 1.55. The van der Waals surface area contributed by atoms with Gasteiger partial charge in [-0.05, 0) is 16.7 Å². The number of carbonyl (C=O) groups excluding carboxylic acids is 3. The van der Waals surface area contributed by atoms with E-state index in [-0.39, 0.29) is 43.5 Å².